The number of nitrogens with one attached hydrogen (secondary N) is 3. The van der Waals surface area contributed by atoms with Crippen LogP contribution in [0.1, 0.15) is 30.0 Å². The van der Waals surface area contributed by atoms with Gasteiger partial charge in [-0.3, -0.25) is 5.10 Å². The number of anilines is 4. The highest BCUT2D eigenvalue weighted by molar-refractivity contribution is 5.53. The van der Waals surface area contributed by atoms with Crippen molar-refractivity contribution in [3.63, 3.8) is 0 Å². The summed E-state index contributed by atoms with van der Waals surface area (Å²) in [5.41, 5.74) is 1.95. The second kappa shape index (κ2) is 11.2. The van der Waals surface area contributed by atoms with Crippen molar-refractivity contribution in [3.8, 4) is 0 Å². The molecule has 0 amide bonds. The van der Waals surface area contributed by atoms with Crippen LogP contribution in [-0.4, -0.2) is 61.4 Å². The summed E-state index contributed by atoms with van der Waals surface area (Å²) >= 11 is 0. The fourth-order valence-electron chi connectivity index (χ4n) is 3.79. The second-order valence-corrected chi connectivity index (χ2v) is 8.54. The summed E-state index contributed by atoms with van der Waals surface area (Å²) in [7, 11) is 0. The predicted octanol–water partition coefficient (Wildman–Crippen LogP) is 3.20. The molecule has 4 aromatic rings. The van der Waals surface area contributed by atoms with Gasteiger partial charge in [0, 0.05) is 24.8 Å². The molecule has 1 aromatic carbocycles. The molecular weight excluding hydrogens is 482 g/mol. The second-order valence-electron chi connectivity index (χ2n) is 8.54. The van der Waals surface area contributed by atoms with Crippen LogP contribution in [0.25, 0.3) is 0 Å². The quantitative estimate of drug-likeness (QED) is 0.310. The number of nitrogens with zero attached hydrogens (tertiary/aromatic N) is 7. The SMILES string of the molecule is C[C@H](Nc1nc(Nc2cc(CCc3ccc(F)cc3)[nH]n2)nc(N2CCOCC2)n1)c1ncc(F)cn1. The minimum absolute atomic E-state index is 0.251. The molecule has 1 saturated heterocycles. The van der Waals surface area contributed by atoms with E-state index in [1.165, 1.54) is 12.1 Å². The van der Waals surface area contributed by atoms with Crippen LogP contribution in [0.3, 0.4) is 0 Å². The van der Waals surface area contributed by atoms with E-state index in [4.69, 9.17) is 4.74 Å². The third kappa shape index (κ3) is 6.50. The number of aryl methyl sites for hydroxylation is 2. The van der Waals surface area contributed by atoms with Crippen LogP contribution < -0.4 is 15.5 Å². The average molecular weight is 509 g/mol. The van der Waals surface area contributed by atoms with Crippen LogP contribution in [0.15, 0.2) is 42.7 Å². The molecule has 3 aromatic heterocycles. The Morgan fingerprint density at radius 1 is 0.973 bits per heavy atom. The van der Waals surface area contributed by atoms with E-state index in [1.807, 2.05) is 17.9 Å². The van der Waals surface area contributed by atoms with Gasteiger partial charge in [-0.25, -0.2) is 18.7 Å². The summed E-state index contributed by atoms with van der Waals surface area (Å²) in [5, 5.41) is 13.6. The molecule has 1 aliphatic heterocycles. The van der Waals surface area contributed by atoms with E-state index < -0.39 is 5.82 Å². The van der Waals surface area contributed by atoms with E-state index in [9.17, 15) is 8.78 Å². The fourth-order valence-corrected chi connectivity index (χ4v) is 3.79. The molecule has 4 heterocycles. The zero-order chi connectivity index (χ0) is 25.6. The normalized spacial score (nSPS) is 14.4. The Bertz CT molecular complexity index is 1310. The summed E-state index contributed by atoms with van der Waals surface area (Å²) in [4.78, 5) is 23.7. The van der Waals surface area contributed by atoms with Gasteiger partial charge in [-0.2, -0.15) is 20.1 Å². The monoisotopic (exact) mass is 508 g/mol. The zero-order valence-electron chi connectivity index (χ0n) is 20.2. The van der Waals surface area contributed by atoms with Crippen molar-refractivity contribution >= 4 is 23.7 Å². The lowest BCUT2D eigenvalue weighted by Gasteiger charge is -2.27. The smallest absolute Gasteiger partial charge is 0.235 e. The van der Waals surface area contributed by atoms with Gasteiger partial charge in [0.1, 0.15) is 11.6 Å². The van der Waals surface area contributed by atoms with Gasteiger partial charge in [0.05, 0.1) is 31.6 Å². The molecule has 5 rings (SSSR count). The van der Waals surface area contributed by atoms with Gasteiger partial charge in [-0.05, 0) is 37.5 Å². The van der Waals surface area contributed by atoms with Crippen LogP contribution >= 0.6 is 0 Å². The van der Waals surface area contributed by atoms with Crippen LogP contribution in [0.2, 0.25) is 0 Å². The Balaban J connectivity index is 1.31. The molecule has 0 radical (unpaired) electrons. The van der Waals surface area contributed by atoms with Crippen molar-refractivity contribution in [1.29, 1.82) is 0 Å². The molecule has 192 valence electrons. The van der Waals surface area contributed by atoms with Crippen LogP contribution in [0, 0.1) is 11.6 Å². The van der Waals surface area contributed by atoms with Gasteiger partial charge < -0.3 is 20.3 Å². The Morgan fingerprint density at radius 3 is 2.46 bits per heavy atom. The van der Waals surface area contributed by atoms with Crippen LogP contribution in [-0.2, 0) is 17.6 Å². The lowest BCUT2D eigenvalue weighted by atomic mass is 10.1. The van der Waals surface area contributed by atoms with Crippen molar-refractivity contribution in [2.75, 3.05) is 41.8 Å². The minimum atomic E-state index is -0.506. The van der Waals surface area contributed by atoms with E-state index in [0.717, 1.165) is 30.1 Å². The van der Waals surface area contributed by atoms with Gasteiger partial charge >= 0.3 is 0 Å². The molecule has 11 nitrogen and oxygen atoms in total. The number of hydrogen-bond donors (Lipinski definition) is 3. The molecule has 1 aliphatic rings. The average Bonchev–Trinajstić information content (AvgIpc) is 3.36. The first kappa shape index (κ1) is 24.4. The number of aromatic amines is 1. The minimum Gasteiger partial charge on any atom is -0.378 e. The topological polar surface area (TPSA) is 130 Å². The molecular formula is C24H26F2N10O. The van der Waals surface area contributed by atoms with Gasteiger partial charge in [-0.15, -0.1) is 0 Å². The number of ether oxygens (including phenoxy) is 1. The summed E-state index contributed by atoms with van der Waals surface area (Å²) in [5.74, 6) is 1.31. The number of aromatic nitrogens is 7. The Labute approximate surface area is 211 Å². The summed E-state index contributed by atoms with van der Waals surface area (Å²) in [6, 6.07) is 7.96. The largest absolute Gasteiger partial charge is 0.378 e. The van der Waals surface area contributed by atoms with E-state index in [-0.39, 0.29) is 11.9 Å². The molecule has 0 bridgehead atoms. The molecule has 1 fully saturated rings. The maximum atomic E-state index is 13.2. The van der Waals surface area contributed by atoms with E-state index in [2.05, 4.69) is 45.8 Å². The predicted molar refractivity (Wildman–Crippen MR) is 133 cm³/mol. The molecule has 0 aliphatic carbocycles. The molecule has 0 spiro atoms. The molecule has 37 heavy (non-hydrogen) atoms. The maximum absolute atomic E-state index is 13.2. The first-order chi connectivity index (χ1) is 18.0. The molecule has 1 atom stereocenters. The van der Waals surface area contributed by atoms with Gasteiger partial charge in [0.15, 0.2) is 11.6 Å². The highest BCUT2D eigenvalue weighted by Crippen LogP contribution is 2.21. The van der Waals surface area contributed by atoms with Crippen molar-refractivity contribution < 1.29 is 13.5 Å². The maximum Gasteiger partial charge on any atom is 0.235 e. The van der Waals surface area contributed by atoms with E-state index >= 15 is 0 Å². The molecule has 13 heteroatoms. The number of hydrogen-bond acceptors (Lipinski definition) is 10. The molecule has 3 N–H and O–H groups in total. The Morgan fingerprint density at radius 2 is 1.70 bits per heavy atom. The van der Waals surface area contributed by atoms with E-state index in [1.54, 1.807) is 12.1 Å². The first-order valence-corrected chi connectivity index (χ1v) is 11.9. The van der Waals surface area contributed by atoms with Gasteiger partial charge in [0.25, 0.3) is 0 Å². The number of benzene rings is 1. The number of H-pyrrole nitrogens is 1. The van der Waals surface area contributed by atoms with Crippen molar-refractivity contribution in [3.05, 3.63) is 71.4 Å². The van der Waals surface area contributed by atoms with E-state index in [0.29, 0.717) is 62.2 Å². The number of rotatable bonds is 9. The number of halogens is 2. The zero-order valence-corrected chi connectivity index (χ0v) is 20.2. The molecule has 0 saturated carbocycles. The summed E-state index contributed by atoms with van der Waals surface area (Å²) in [6.07, 6.45) is 3.68. The molecule has 0 unspecified atom stereocenters. The van der Waals surface area contributed by atoms with Gasteiger partial charge in [0.2, 0.25) is 17.8 Å². The third-order valence-electron chi connectivity index (χ3n) is 5.76. The summed E-state index contributed by atoms with van der Waals surface area (Å²) in [6.45, 7) is 4.28. The Hall–Kier alpha value is -4.26. The van der Waals surface area contributed by atoms with Crippen molar-refractivity contribution in [2.24, 2.45) is 0 Å². The van der Waals surface area contributed by atoms with Gasteiger partial charge in [-0.1, -0.05) is 12.1 Å². The Kier molecular flexibility index (Phi) is 7.40. The highest BCUT2D eigenvalue weighted by atomic mass is 19.1. The third-order valence-corrected chi connectivity index (χ3v) is 5.76. The summed E-state index contributed by atoms with van der Waals surface area (Å²) < 4.78 is 31.8. The van der Waals surface area contributed by atoms with Crippen molar-refractivity contribution in [1.82, 2.24) is 35.1 Å². The standard InChI is InChI=1S/C24H26F2N10O/c1-15(21-27-13-18(26)14-28-21)29-22-31-23(33-24(32-22)36-8-10-37-11-9-36)30-20-12-19(34-35-20)7-4-16-2-5-17(25)6-3-16/h2-3,5-6,12-15H,4,7-11H2,1H3,(H3,29,30,31,32,33,34,35)/t15-/m0/s1. The highest BCUT2D eigenvalue weighted by Gasteiger charge is 2.19. The fraction of sp³-hybridized carbons (Fsp3) is 0.333. The lowest BCUT2D eigenvalue weighted by molar-refractivity contribution is 0.122. The first-order valence-electron chi connectivity index (χ1n) is 11.9. The number of morpholine rings is 1. The van der Waals surface area contributed by atoms with Crippen LogP contribution in [0.5, 0.6) is 0 Å². The lowest BCUT2D eigenvalue weighted by Crippen LogP contribution is -2.37. The van der Waals surface area contributed by atoms with Crippen molar-refractivity contribution in [2.45, 2.75) is 25.8 Å². The van der Waals surface area contributed by atoms with Crippen LogP contribution in [0.4, 0.5) is 32.4 Å².